The standard InChI is InChI=1S/C19H14ClNO5S/c1-25-13-8-4-2-6-11(13)18(23)21-15(22)10-26-19(24)17-16(20)12-7-3-5-9-14(12)27-17/h2-9H,10H2,1H3,(H,21,22,23). The van der Waals surface area contributed by atoms with Gasteiger partial charge in [0.25, 0.3) is 11.8 Å². The Kier molecular flexibility index (Phi) is 5.73. The van der Waals surface area contributed by atoms with Crippen LogP contribution in [0.15, 0.2) is 48.5 Å². The number of amides is 2. The summed E-state index contributed by atoms with van der Waals surface area (Å²) >= 11 is 7.38. The highest BCUT2D eigenvalue weighted by molar-refractivity contribution is 7.21. The zero-order valence-electron chi connectivity index (χ0n) is 14.2. The Hall–Kier alpha value is -2.90. The molecule has 6 nitrogen and oxygen atoms in total. The van der Waals surface area contributed by atoms with Crippen LogP contribution in [-0.2, 0) is 9.53 Å². The molecule has 0 aliphatic carbocycles. The van der Waals surface area contributed by atoms with Gasteiger partial charge in [-0.05, 0) is 18.2 Å². The summed E-state index contributed by atoms with van der Waals surface area (Å²) in [6.07, 6.45) is 0. The average molecular weight is 404 g/mol. The first-order chi connectivity index (χ1) is 13.0. The Balaban J connectivity index is 1.62. The van der Waals surface area contributed by atoms with Gasteiger partial charge in [-0.25, -0.2) is 4.79 Å². The van der Waals surface area contributed by atoms with Gasteiger partial charge in [0.15, 0.2) is 6.61 Å². The summed E-state index contributed by atoms with van der Waals surface area (Å²) in [6, 6.07) is 13.7. The quantitative estimate of drug-likeness (QED) is 0.657. The van der Waals surface area contributed by atoms with E-state index in [1.165, 1.54) is 24.5 Å². The average Bonchev–Trinajstić information content (AvgIpc) is 3.03. The third kappa shape index (κ3) is 4.10. The molecule has 0 saturated heterocycles. The van der Waals surface area contributed by atoms with Gasteiger partial charge in [-0.15, -0.1) is 11.3 Å². The van der Waals surface area contributed by atoms with Gasteiger partial charge in [0.05, 0.1) is 17.7 Å². The molecule has 8 heteroatoms. The lowest BCUT2D eigenvalue weighted by Gasteiger charge is -2.08. The largest absolute Gasteiger partial charge is 0.496 e. The van der Waals surface area contributed by atoms with Crippen LogP contribution >= 0.6 is 22.9 Å². The Labute approximate surface area is 163 Å². The molecule has 0 aliphatic rings. The first kappa shape index (κ1) is 18.9. The normalized spacial score (nSPS) is 10.4. The minimum atomic E-state index is -0.753. The van der Waals surface area contributed by atoms with Gasteiger partial charge in [-0.2, -0.15) is 0 Å². The number of para-hydroxylation sites is 1. The van der Waals surface area contributed by atoms with Crippen molar-refractivity contribution >= 4 is 50.8 Å². The molecule has 1 N–H and O–H groups in total. The number of esters is 1. The third-order valence-corrected chi connectivity index (χ3v) is 5.31. The van der Waals surface area contributed by atoms with E-state index in [0.717, 1.165) is 10.1 Å². The molecule has 0 aliphatic heterocycles. The van der Waals surface area contributed by atoms with Crippen molar-refractivity contribution in [3.63, 3.8) is 0 Å². The molecule has 3 rings (SSSR count). The fourth-order valence-corrected chi connectivity index (χ4v) is 3.81. The fraction of sp³-hybridized carbons (Fsp3) is 0.105. The summed E-state index contributed by atoms with van der Waals surface area (Å²) < 4.78 is 10.9. The number of rotatable bonds is 5. The number of imide groups is 1. The second-order valence-electron chi connectivity index (χ2n) is 5.40. The Morgan fingerprint density at radius 3 is 2.52 bits per heavy atom. The topological polar surface area (TPSA) is 81.7 Å². The van der Waals surface area contributed by atoms with Gasteiger partial charge < -0.3 is 9.47 Å². The molecule has 0 spiro atoms. The highest BCUT2D eigenvalue weighted by atomic mass is 35.5. The molecular weight excluding hydrogens is 390 g/mol. The second-order valence-corrected chi connectivity index (χ2v) is 6.83. The molecule has 0 saturated carbocycles. The van der Waals surface area contributed by atoms with Crippen LogP contribution in [0, 0.1) is 0 Å². The highest BCUT2D eigenvalue weighted by Crippen LogP contribution is 2.35. The maximum Gasteiger partial charge on any atom is 0.350 e. The van der Waals surface area contributed by atoms with Crippen LogP contribution in [0.1, 0.15) is 20.0 Å². The van der Waals surface area contributed by atoms with Crippen molar-refractivity contribution in [3.05, 3.63) is 64.0 Å². The van der Waals surface area contributed by atoms with Crippen LogP contribution in [-0.4, -0.2) is 31.5 Å². The fourth-order valence-electron chi connectivity index (χ4n) is 2.40. The van der Waals surface area contributed by atoms with E-state index >= 15 is 0 Å². The molecule has 138 valence electrons. The molecule has 2 amide bonds. The SMILES string of the molecule is COc1ccccc1C(=O)NC(=O)COC(=O)c1sc2ccccc2c1Cl. The van der Waals surface area contributed by atoms with E-state index in [1.807, 2.05) is 18.2 Å². The summed E-state index contributed by atoms with van der Waals surface area (Å²) in [6.45, 7) is -0.607. The summed E-state index contributed by atoms with van der Waals surface area (Å²) in [5.74, 6) is -1.79. The van der Waals surface area contributed by atoms with E-state index in [4.69, 9.17) is 21.1 Å². The number of thiophene rings is 1. The maximum atomic E-state index is 12.2. The summed E-state index contributed by atoms with van der Waals surface area (Å²) in [5.41, 5.74) is 0.201. The van der Waals surface area contributed by atoms with Crippen LogP contribution < -0.4 is 10.1 Å². The monoisotopic (exact) mass is 403 g/mol. The minimum Gasteiger partial charge on any atom is -0.496 e. The van der Waals surface area contributed by atoms with Crippen molar-refractivity contribution in [1.82, 2.24) is 5.32 Å². The molecule has 0 fully saturated rings. The van der Waals surface area contributed by atoms with Gasteiger partial charge in [0.1, 0.15) is 10.6 Å². The van der Waals surface area contributed by atoms with Crippen molar-refractivity contribution in [2.45, 2.75) is 0 Å². The van der Waals surface area contributed by atoms with Gasteiger partial charge in [0, 0.05) is 10.1 Å². The molecule has 0 bridgehead atoms. The number of hydrogen-bond donors (Lipinski definition) is 1. The van der Waals surface area contributed by atoms with Crippen molar-refractivity contribution in [2.24, 2.45) is 0 Å². The summed E-state index contributed by atoms with van der Waals surface area (Å²) in [4.78, 5) is 36.5. The molecule has 1 aromatic heterocycles. The minimum absolute atomic E-state index is 0.201. The molecule has 0 unspecified atom stereocenters. The van der Waals surface area contributed by atoms with E-state index in [-0.39, 0.29) is 15.5 Å². The van der Waals surface area contributed by atoms with Crippen LogP contribution in [0.25, 0.3) is 10.1 Å². The molecule has 27 heavy (non-hydrogen) atoms. The van der Waals surface area contributed by atoms with Crippen LogP contribution in [0.2, 0.25) is 5.02 Å². The number of methoxy groups -OCH3 is 1. The number of nitrogens with one attached hydrogen (secondary N) is 1. The number of hydrogen-bond acceptors (Lipinski definition) is 6. The summed E-state index contributed by atoms with van der Waals surface area (Å²) in [5, 5.41) is 3.18. The van der Waals surface area contributed by atoms with Crippen molar-refractivity contribution in [2.75, 3.05) is 13.7 Å². The zero-order valence-corrected chi connectivity index (χ0v) is 15.7. The second kappa shape index (κ2) is 8.20. The molecule has 1 heterocycles. The Morgan fingerprint density at radius 2 is 1.78 bits per heavy atom. The Morgan fingerprint density at radius 1 is 1.07 bits per heavy atom. The van der Waals surface area contributed by atoms with Crippen molar-refractivity contribution in [3.8, 4) is 5.75 Å². The van der Waals surface area contributed by atoms with E-state index in [2.05, 4.69) is 5.32 Å². The summed E-state index contributed by atoms with van der Waals surface area (Å²) in [7, 11) is 1.42. The Bertz CT molecular complexity index is 1030. The number of benzene rings is 2. The number of fused-ring (bicyclic) bond motifs is 1. The lowest BCUT2D eigenvalue weighted by atomic mass is 10.2. The van der Waals surface area contributed by atoms with E-state index < -0.39 is 24.4 Å². The van der Waals surface area contributed by atoms with Gasteiger partial charge in [-0.3, -0.25) is 14.9 Å². The van der Waals surface area contributed by atoms with Gasteiger partial charge in [-0.1, -0.05) is 41.9 Å². The first-order valence-corrected chi connectivity index (χ1v) is 9.02. The maximum absolute atomic E-state index is 12.2. The number of carbonyl (C=O) groups is 3. The molecular formula is C19H14ClNO5S. The predicted octanol–water partition coefficient (Wildman–Crippen LogP) is 3.68. The van der Waals surface area contributed by atoms with E-state index in [0.29, 0.717) is 5.75 Å². The smallest absolute Gasteiger partial charge is 0.350 e. The first-order valence-electron chi connectivity index (χ1n) is 7.82. The van der Waals surface area contributed by atoms with E-state index in [1.54, 1.807) is 24.3 Å². The lowest BCUT2D eigenvalue weighted by molar-refractivity contribution is -0.123. The zero-order chi connectivity index (χ0) is 19.4. The van der Waals surface area contributed by atoms with Crippen molar-refractivity contribution < 1.29 is 23.9 Å². The van der Waals surface area contributed by atoms with E-state index in [9.17, 15) is 14.4 Å². The van der Waals surface area contributed by atoms with Gasteiger partial charge >= 0.3 is 5.97 Å². The highest BCUT2D eigenvalue weighted by Gasteiger charge is 2.20. The number of carbonyl (C=O) groups excluding carboxylic acids is 3. The lowest BCUT2D eigenvalue weighted by Crippen LogP contribution is -2.34. The van der Waals surface area contributed by atoms with Crippen molar-refractivity contribution in [1.29, 1.82) is 0 Å². The molecule has 3 aromatic rings. The predicted molar refractivity (Wildman–Crippen MR) is 103 cm³/mol. The van der Waals surface area contributed by atoms with Crippen LogP contribution in [0.3, 0.4) is 0 Å². The molecule has 2 aromatic carbocycles. The van der Waals surface area contributed by atoms with Crippen LogP contribution in [0.5, 0.6) is 5.75 Å². The van der Waals surface area contributed by atoms with Crippen LogP contribution in [0.4, 0.5) is 0 Å². The third-order valence-electron chi connectivity index (χ3n) is 3.66. The number of halogens is 1. The molecule has 0 radical (unpaired) electrons. The molecule has 0 atom stereocenters. The van der Waals surface area contributed by atoms with Gasteiger partial charge in [0.2, 0.25) is 0 Å². The number of ether oxygens (including phenoxy) is 2.